The van der Waals surface area contributed by atoms with E-state index in [1.165, 1.54) is 6.42 Å². The van der Waals surface area contributed by atoms with Gasteiger partial charge < -0.3 is 10.1 Å². The Morgan fingerprint density at radius 1 is 1.42 bits per heavy atom. The molecule has 0 bridgehead atoms. The van der Waals surface area contributed by atoms with Gasteiger partial charge in [-0.15, -0.1) is 0 Å². The van der Waals surface area contributed by atoms with Crippen molar-refractivity contribution < 1.29 is 4.74 Å². The predicted octanol–water partition coefficient (Wildman–Crippen LogP) is 0.317. The average Bonchev–Trinajstić information content (AvgIpc) is 2.16. The molecule has 1 aliphatic heterocycles. The molecular weight excluding hydrogens is 152 g/mol. The van der Waals surface area contributed by atoms with E-state index < -0.39 is 0 Å². The smallest absolute Gasteiger partial charge is 0.0594 e. The fraction of sp³-hybridized carbons (Fsp3) is 1.00. The number of hydrogen-bond acceptors (Lipinski definition) is 3. The van der Waals surface area contributed by atoms with Gasteiger partial charge in [0, 0.05) is 25.7 Å². The van der Waals surface area contributed by atoms with Crippen molar-refractivity contribution in [1.29, 1.82) is 0 Å². The fourth-order valence-corrected chi connectivity index (χ4v) is 1.52. The lowest BCUT2D eigenvalue weighted by Crippen LogP contribution is -2.44. The molecule has 0 aromatic carbocycles. The van der Waals surface area contributed by atoms with Gasteiger partial charge in [0.1, 0.15) is 0 Å². The van der Waals surface area contributed by atoms with Crippen molar-refractivity contribution in [2.75, 3.05) is 39.9 Å². The Morgan fingerprint density at radius 3 is 2.58 bits per heavy atom. The molecule has 0 aromatic rings. The van der Waals surface area contributed by atoms with Gasteiger partial charge in [0.05, 0.1) is 13.2 Å². The maximum absolute atomic E-state index is 5.29. The van der Waals surface area contributed by atoms with Gasteiger partial charge in [-0.05, 0) is 13.5 Å². The van der Waals surface area contributed by atoms with Crippen molar-refractivity contribution in [1.82, 2.24) is 10.2 Å². The van der Waals surface area contributed by atoms with Gasteiger partial charge in [0.2, 0.25) is 0 Å². The Kier molecular flexibility index (Phi) is 4.58. The Hall–Kier alpha value is -0.120. The van der Waals surface area contributed by atoms with Gasteiger partial charge in [-0.2, -0.15) is 0 Å². The molecule has 0 aromatic heterocycles. The molecule has 1 saturated heterocycles. The number of nitrogens with one attached hydrogen (secondary N) is 1. The summed E-state index contributed by atoms with van der Waals surface area (Å²) in [7, 11) is 2.04. The second-order valence-electron chi connectivity index (χ2n) is 3.31. The maximum atomic E-state index is 5.29. The Bertz CT molecular complexity index is 109. The summed E-state index contributed by atoms with van der Waals surface area (Å²) in [5.41, 5.74) is 0. The van der Waals surface area contributed by atoms with Crippen molar-refractivity contribution in [2.24, 2.45) is 0 Å². The van der Waals surface area contributed by atoms with Crippen LogP contribution < -0.4 is 5.32 Å². The molecule has 0 spiro atoms. The van der Waals surface area contributed by atoms with Crippen molar-refractivity contribution in [3.05, 3.63) is 0 Å². The molecule has 72 valence electrons. The normalized spacial score (nSPS) is 22.5. The summed E-state index contributed by atoms with van der Waals surface area (Å²) in [6.07, 6.45) is 1.20. The molecule has 1 fully saturated rings. The van der Waals surface area contributed by atoms with E-state index in [9.17, 15) is 0 Å². The van der Waals surface area contributed by atoms with Crippen LogP contribution in [0.2, 0.25) is 0 Å². The maximum Gasteiger partial charge on any atom is 0.0594 e. The van der Waals surface area contributed by atoms with Crippen LogP contribution in [0.3, 0.4) is 0 Å². The van der Waals surface area contributed by atoms with E-state index in [0.29, 0.717) is 6.04 Å². The van der Waals surface area contributed by atoms with Crippen molar-refractivity contribution in [2.45, 2.75) is 19.4 Å². The molecule has 1 unspecified atom stereocenters. The first-order valence-electron chi connectivity index (χ1n) is 4.84. The third kappa shape index (κ3) is 3.09. The molecule has 1 heterocycles. The van der Waals surface area contributed by atoms with Gasteiger partial charge in [0.15, 0.2) is 0 Å². The van der Waals surface area contributed by atoms with E-state index in [0.717, 1.165) is 32.8 Å². The van der Waals surface area contributed by atoms with Gasteiger partial charge in [-0.25, -0.2) is 0 Å². The minimum absolute atomic E-state index is 0.642. The lowest BCUT2D eigenvalue weighted by atomic mass is 10.2. The lowest BCUT2D eigenvalue weighted by molar-refractivity contribution is 0.0337. The van der Waals surface area contributed by atoms with Crippen molar-refractivity contribution in [3.8, 4) is 0 Å². The van der Waals surface area contributed by atoms with E-state index in [4.69, 9.17) is 4.74 Å². The minimum Gasteiger partial charge on any atom is -0.379 e. The van der Waals surface area contributed by atoms with Crippen molar-refractivity contribution in [3.63, 3.8) is 0 Å². The van der Waals surface area contributed by atoms with Crippen LogP contribution in [0.25, 0.3) is 0 Å². The highest BCUT2D eigenvalue weighted by Gasteiger charge is 2.13. The van der Waals surface area contributed by atoms with Crippen LogP contribution >= 0.6 is 0 Å². The third-order valence-corrected chi connectivity index (χ3v) is 2.48. The molecule has 1 rings (SSSR count). The van der Waals surface area contributed by atoms with Gasteiger partial charge in [0.25, 0.3) is 0 Å². The number of ether oxygens (including phenoxy) is 1. The molecule has 1 aliphatic rings. The van der Waals surface area contributed by atoms with Crippen LogP contribution in [0.5, 0.6) is 0 Å². The third-order valence-electron chi connectivity index (χ3n) is 2.48. The Balaban J connectivity index is 2.18. The van der Waals surface area contributed by atoms with Crippen LogP contribution in [0, 0.1) is 0 Å². The summed E-state index contributed by atoms with van der Waals surface area (Å²) in [6, 6.07) is 0.642. The quantitative estimate of drug-likeness (QED) is 0.661. The second kappa shape index (κ2) is 5.51. The first-order chi connectivity index (χ1) is 5.86. The number of hydrogen-bond donors (Lipinski definition) is 1. The van der Waals surface area contributed by atoms with E-state index in [-0.39, 0.29) is 0 Å². The summed E-state index contributed by atoms with van der Waals surface area (Å²) in [5, 5.41) is 3.32. The van der Waals surface area contributed by atoms with Gasteiger partial charge in [-0.1, -0.05) is 6.92 Å². The molecule has 0 aliphatic carbocycles. The van der Waals surface area contributed by atoms with Crippen LogP contribution in [-0.2, 0) is 4.74 Å². The summed E-state index contributed by atoms with van der Waals surface area (Å²) < 4.78 is 5.29. The first kappa shape index (κ1) is 9.96. The summed E-state index contributed by atoms with van der Waals surface area (Å²) in [6.45, 7) is 7.38. The molecule has 3 heteroatoms. The monoisotopic (exact) mass is 172 g/mol. The van der Waals surface area contributed by atoms with E-state index in [2.05, 4.69) is 17.1 Å². The summed E-state index contributed by atoms with van der Waals surface area (Å²) in [5.74, 6) is 0. The standard InChI is InChI=1S/C9H20N2O/c1-3-9(10-2)8-11-4-6-12-7-5-11/h9-10H,3-8H2,1-2H3. The van der Waals surface area contributed by atoms with Crippen molar-refractivity contribution >= 4 is 0 Å². The highest BCUT2D eigenvalue weighted by Crippen LogP contribution is 2.00. The lowest BCUT2D eigenvalue weighted by Gasteiger charge is -2.29. The van der Waals surface area contributed by atoms with Crippen LogP contribution in [0.1, 0.15) is 13.3 Å². The molecule has 0 amide bonds. The Labute approximate surface area is 75.1 Å². The second-order valence-corrected chi connectivity index (χ2v) is 3.31. The molecule has 1 atom stereocenters. The largest absolute Gasteiger partial charge is 0.379 e. The zero-order valence-corrected chi connectivity index (χ0v) is 8.18. The highest BCUT2D eigenvalue weighted by molar-refractivity contribution is 4.70. The molecule has 12 heavy (non-hydrogen) atoms. The van der Waals surface area contributed by atoms with Gasteiger partial charge in [-0.3, -0.25) is 4.90 Å². The predicted molar refractivity (Wildman–Crippen MR) is 50.4 cm³/mol. The SMILES string of the molecule is CCC(CN1CCOCC1)NC. The fourth-order valence-electron chi connectivity index (χ4n) is 1.52. The molecule has 3 nitrogen and oxygen atoms in total. The van der Waals surface area contributed by atoms with Crippen LogP contribution in [0.4, 0.5) is 0 Å². The minimum atomic E-state index is 0.642. The molecule has 1 N–H and O–H groups in total. The number of rotatable bonds is 4. The zero-order chi connectivity index (χ0) is 8.81. The first-order valence-corrected chi connectivity index (χ1v) is 4.84. The molecule has 0 saturated carbocycles. The molecular formula is C9H20N2O. The average molecular weight is 172 g/mol. The van der Waals surface area contributed by atoms with Crippen LogP contribution in [0.15, 0.2) is 0 Å². The number of likely N-dealkylation sites (N-methyl/N-ethyl adjacent to an activating group) is 1. The summed E-state index contributed by atoms with van der Waals surface area (Å²) >= 11 is 0. The zero-order valence-electron chi connectivity index (χ0n) is 8.18. The molecule has 0 radical (unpaired) electrons. The van der Waals surface area contributed by atoms with Crippen LogP contribution in [-0.4, -0.2) is 50.8 Å². The van der Waals surface area contributed by atoms with E-state index in [1.54, 1.807) is 0 Å². The number of morpholine rings is 1. The van der Waals surface area contributed by atoms with E-state index >= 15 is 0 Å². The van der Waals surface area contributed by atoms with E-state index in [1.807, 2.05) is 7.05 Å². The Morgan fingerprint density at radius 2 is 2.08 bits per heavy atom. The van der Waals surface area contributed by atoms with Gasteiger partial charge >= 0.3 is 0 Å². The summed E-state index contributed by atoms with van der Waals surface area (Å²) in [4.78, 5) is 2.47. The number of nitrogens with zero attached hydrogens (tertiary/aromatic N) is 1. The topological polar surface area (TPSA) is 24.5 Å². The highest BCUT2D eigenvalue weighted by atomic mass is 16.5.